The molecular weight excluding hydrogens is 260 g/mol. The predicted octanol–water partition coefficient (Wildman–Crippen LogP) is 1.45. The number of rotatable bonds is 6. The molecule has 1 aliphatic rings. The molecule has 2 rings (SSSR count). The molecule has 0 fully saturated rings. The van der Waals surface area contributed by atoms with Crippen molar-refractivity contribution in [1.82, 2.24) is 0 Å². The zero-order chi connectivity index (χ0) is 14.8. The van der Waals surface area contributed by atoms with Crippen LogP contribution in [0.1, 0.15) is 33.1 Å². The van der Waals surface area contributed by atoms with E-state index in [1.54, 1.807) is 0 Å². The van der Waals surface area contributed by atoms with Gasteiger partial charge in [-0.3, -0.25) is 0 Å². The molecule has 1 heterocycles. The third-order valence-electron chi connectivity index (χ3n) is 3.52. The number of aliphatic hydroxyl groups is 3. The zero-order valence-electron chi connectivity index (χ0n) is 11.8. The summed E-state index contributed by atoms with van der Waals surface area (Å²) in [6, 6.07) is 7.48. The zero-order valence-corrected chi connectivity index (χ0v) is 11.8. The quantitative estimate of drug-likeness (QED) is 0.736. The summed E-state index contributed by atoms with van der Waals surface area (Å²) in [5.41, 5.74) is 0. The third-order valence-corrected chi connectivity index (χ3v) is 3.52. The molecule has 0 unspecified atom stereocenters. The largest absolute Gasteiger partial charge is 0.449 e. The van der Waals surface area contributed by atoms with E-state index in [-0.39, 0.29) is 0 Å². The Morgan fingerprint density at radius 2 is 1.65 bits per heavy atom. The predicted molar refractivity (Wildman–Crippen MR) is 73.6 cm³/mol. The summed E-state index contributed by atoms with van der Waals surface area (Å²) < 4.78 is 11.5. The van der Waals surface area contributed by atoms with Crippen molar-refractivity contribution >= 4 is 0 Å². The third kappa shape index (κ3) is 3.42. The van der Waals surface area contributed by atoms with Gasteiger partial charge in [0, 0.05) is 13.3 Å². The van der Waals surface area contributed by atoms with E-state index in [0.717, 1.165) is 11.5 Å². The fraction of sp³-hybridized carbons (Fsp3) is 0.600. The van der Waals surface area contributed by atoms with Crippen LogP contribution in [-0.4, -0.2) is 39.4 Å². The van der Waals surface area contributed by atoms with Gasteiger partial charge in [-0.1, -0.05) is 12.1 Å². The lowest BCUT2D eigenvalue weighted by atomic mass is 10.0. The fourth-order valence-corrected chi connectivity index (χ4v) is 2.33. The molecule has 0 saturated heterocycles. The molecule has 5 nitrogen and oxygen atoms in total. The summed E-state index contributed by atoms with van der Waals surface area (Å²) in [6.45, 7) is 3.31. The van der Waals surface area contributed by atoms with Crippen LogP contribution < -0.4 is 9.47 Å². The molecule has 0 amide bonds. The Morgan fingerprint density at radius 3 is 2.15 bits per heavy atom. The van der Waals surface area contributed by atoms with Crippen LogP contribution in [0.15, 0.2) is 24.3 Å². The van der Waals surface area contributed by atoms with Gasteiger partial charge in [0.05, 0.1) is 12.2 Å². The Morgan fingerprint density at radius 1 is 1.10 bits per heavy atom. The van der Waals surface area contributed by atoms with E-state index >= 15 is 0 Å². The van der Waals surface area contributed by atoms with Crippen molar-refractivity contribution in [2.75, 3.05) is 0 Å². The van der Waals surface area contributed by atoms with Crippen molar-refractivity contribution in [2.24, 2.45) is 0 Å². The second-order valence-corrected chi connectivity index (χ2v) is 5.48. The maximum atomic E-state index is 9.73. The number of aliphatic hydroxyl groups excluding tert-OH is 3. The van der Waals surface area contributed by atoms with Crippen molar-refractivity contribution in [2.45, 2.75) is 57.2 Å². The van der Waals surface area contributed by atoms with Gasteiger partial charge in [-0.15, -0.1) is 0 Å². The van der Waals surface area contributed by atoms with E-state index in [0.29, 0.717) is 19.3 Å². The van der Waals surface area contributed by atoms with Gasteiger partial charge in [0.1, 0.15) is 6.10 Å². The van der Waals surface area contributed by atoms with Gasteiger partial charge in [-0.05, 0) is 31.9 Å². The first-order chi connectivity index (χ1) is 9.41. The molecule has 3 atom stereocenters. The first-order valence-corrected chi connectivity index (χ1v) is 6.92. The number of fused-ring (bicyclic) bond motifs is 1. The van der Waals surface area contributed by atoms with Gasteiger partial charge < -0.3 is 24.8 Å². The molecule has 0 saturated carbocycles. The highest BCUT2D eigenvalue weighted by atomic mass is 16.7. The molecule has 1 aliphatic heterocycles. The van der Waals surface area contributed by atoms with Crippen LogP contribution in [0.25, 0.3) is 0 Å². The molecule has 5 heteroatoms. The monoisotopic (exact) mass is 282 g/mol. The molecule has 1 aromatic carbocycles. The Kier molecular flexibility index (Phi) is 4.52. The van der Waals surface area contributed by atoms with Crippen molar-refractivity contribution in [3.8, 4) is 11.5 Å². The van der Waals surface area contributed by atoms with Crippen molar-refractivity contribution in [3.63, 3.8) is 0 Å². The van der Waals surface area contributed by atoms with Crippen molar-refractivity contribution in [3.05, 3.63) is 24.3 Å². The molecular formula is C15H22O5. The molecule has 0 radical (unpaired) electrons. The number of para-hydroxylation sites is 2. The summed E-state index contributed by atoms with van der Waals surface area (Å²) in [6.07, 6.45) is -1.41. The molecule has 3 N–H and O–H groups in total. The van der Waals surface area contributed by atoms with Gasteiger partial charge in [-0.2, -0.15) is 0 Å². The number of benzene rings is 1. The van der Waals surface area contributed by atoms with E-state index in [1.165, 1.54) is 6.92 Å². The minimum absolute atomic E-state index is 0.380. The highest BCUT2D eigenvalue weighted by Gasteiger charge is 2.36. The van der Waals surface area contributed by atoms with Crippen LogP contribution in [0, 0.1) is 0 Å². The molecule has 1 aromatic rings. The van der Waals surface area contributed by atoms with Gasteiger partial charge in [-0.25, -0.2) is 0 Å². The van der Waals surface area contributed by atoms with Gasteiger partial charge in [0.2, 0.25) is 5.79 Å². The van der Waals surface area contributed by atoms with Crippen LogP contribution >= 0.6 is 0 Å². The molecule has 0 spiro atoms. The number of hydrogen-bond acceptors (Lipinski definition) is 5. The van der Waals surface area contributed by atoms with Crippen molar-refractivity contribution in [1.29, 1.82) is 0 Å². The Balaban J connectivity index is 1.81. The minimum Gasteiger partial charge on any atom is -0.449 e. The summed E-state index contributed by atoms with van der Waals surface area (Å²) in [4.78, 5) is 0. The van der Waals surface area contributed by atoms with Gasteiger partial charge in [0.15, 0.2) is 11.5 Å². The number of ether oxygens (including phenoxy) is 2. The number of hydrogen-bond donors (Lipinski definition) is 3. The summed E-state index contributed by atoms with van der Waals surface area (Å²) in [7, 11) is 0. The van der Waals surface area contributed by atoms with E-state index in [1.807, 2.05) is 31.2 Å². The smallest absolute Gasteiger partial charge is 0.248 e. The van der Waals surface area contributed by atoms with E-state index < -0.39 is 24.1 Å². The summed E-state index contributed by atoms with van der Waals surface area (Å²) >= 11 is 0. The standard InChI is InChI=1S/C15H22O5/c1-10(16)14(18)11(17)6-5-9-15(2)19-12-7-3-4-8-13(12)20-15/h3-4,7-8,10-11,14,16-18H,5-6,9H2,1-2H3/t10-,11-,14-/m0/s1. The lowest BCUT2D eigenvalue weighted by Crippen LogP contribution is -2.37. The minimum atomic E-state index is -1.12. The Bertz CT molecular complexity index is 421. The van der Waals surface area contributed by atoms with Crippen LogP contribution in [0.4, 0.5) is 0 Å². The SMILES string of the molecule is C[C@H](O)[C@H](O)[C@@H](O)CCCC1(C)Oc2ccccc2O1. The summed E-state index contributed by atoms with van der Waals surface area (Å²) in [5.74, 6) is 0.707. The highest BCUT2D eigenvalue weighted by molar-refractivity contribution is 5.42. The molecule has 112 valence electrons. The maximum Gasteiger partial charge on any atom is 0.248 e. The van der Waals surface area contributed by atoms with Gasteiger partial charge in [0.25, 0.3) is 0 Å². The molecule has 0 aliphatic carbocycles. The van der Waals surface area contributed by atoms with Gasteiger partial charge >= 0.3 is 0 Å². The van der Waals surface area contributed by atoms with Crippen LogP contribution in [0.5, 0.6) is 11.5 Å². The Hall–Kier alpha value is -1.30. The second-order valence-electron chi connectivity index (χ2n) is 5.48. The van der Waals surface area contributed by atoms with Crippen LogP contribution in [0.2, 0.25) is 0 Å². The molecule has 0 aromatic heterocycles. The van der Waals surface area contributed by atoms with E-state index in [4.69, 9.17) is 9.47 Å². The molecule has 20 heavy (non-hydrogen) atoms. The van der Waals surface area contributed by atoms with Crippen molar-refractivity contribution < 1.29 is 24.8 Å². The highest BCUT2D eigenvalue weighted by Crippen LogP contribution is 2.40. The Labute approximate surface area is 118 Å². The summed E-state index contributed by atoms with van der Waals surface area (Å²) in [5, 5.41) is 28.5. The fourth-order valence-electron chi connectivity index (χ4n) is 2.33. The van der Waals surface area contributed by atoms with E-state index in [2.05, 4.69) is 0 Å². The first-order valence-electron chi connectivity index (χ1n) is 6.92. The normalized spacial score (nSPS) is 20.4. The van der Waals surface area contributed by atoms with Crippen LogP contribution in [0.3, 0.4) is 0 Å². The molecule has 0 bridgehead atoms. The average Bonchev–Trinajstić information content (AvgIpc) is 2.73. The van der Waals surface area contributed by atoms with Crippen LogP contribution in [-0.2, 0) is 0 Å². The first kappa shape index (κ1) is 15.1. The lowest BCUT2D eigenvalue weighted by Gasteiger charge is -2.25. The topological polar surface area (TPSA) is 79.2 Å². The lowest BCUT2D eigenvalue weighted by molar-refractivity contribution is -0.0794. The van der Waals surface area contributed by atoms with E-state index in [9.17, 15) is 15.3 Å². The maximum absolute atomic E-state index is 9.73. The second kappa shape index (κ2) is 5.99. The average molecular weight is 282 g/mol.